The fourth-order valence-corrected chi connectivity index (χ4v) is 1.06. The van der Waals surface area contributed by atoms with E-state index in [2.05, 4.69) is 5.32 Å². The van der Waals surface area contributed by atoms with Gasteiger partial charge in [-0.2, -0.15) is 0 Å². The van der Waals surface area contributed by atoms with E-state index in [4.69, 9.17) is 10.5 Å². The van der Waals surface area contributed by atoms with Gasteiger partial charge in [0.1, 0.15) is 0 Å². The van der Waals surface area contributed by atoms with Crippen molar-refractivity contribution < 1.29 is 9.53 Å². The van der Waals surface area contributed by atoms with Crippen LogP contribution < -0.4 is 11.1 Å². The number of hydrogen-bond acceptors (Lipinski definition) is 3. The minimum atomic E-state index is -0.169. The molecule has 0 rings (SSSR count). The van der Waals surface area contributed by atoms with Gasteiger partial charge in [0.25, 0.3) is 0 Å². The van der Waals surface area contributed by atoms with Gasteiger partial charge in [0.15, 0.2) is 0 Å². The highest BCUT2D eigenvalue weighted by Crippen LogP contribution is 2.05. The monoisotopic (exact) mass is 216 g/mol. The molecule has 0 aromatic carbocycles. The summed E-state index contributed by atoms with van der Waals surface area (Å²) >= 11 is 0. The summed E-state index contributed by atoms with van der Waals surface area (Å²) in [6.45, 7) is 8.83. The predicted molar refractivity (Wildman–Crippen MR) is 61.6 cm³/mol. The Morgan fingerprint density at radius 2 is 2.13 bits per heavy atom. The molecule has 0 bridgehead atoms. The molecule has 1 atom stereocenters. The number of amides is 1. The first-order valence-corrected chi connectivity index (χ1v) is 5.46. The van der Waals surface area contributed by atoms with E-state index in [1.54, 1.807) is 0 Å². The summed E-state index contributed by atoms with van der Waals surface area (Å²) < 4.78 is 5.57. The van der Waals surface area contributed by atoms with E-state index in [-0.39, 0.29) is 17.6 Å². The lowest BCUT2D eigenvalue weighted by Crippen LogP contribution is -2.34. The molecule has 0 saturated heterocycles. The van der Waals surface area contributed by atoms with Gasteiger partial charge in [-0.1, -0.05) is 0 Å². The Hall–Kier alpha value is -0.610. The van der Waals surface area contributed by atoms with Gasteiger partial charge in [-0.15, -0.1) is 0 Å². The van der Waals surface area contributed by atoms with Crippen LogP contribution in [0.25, 0.3) is 0 Å². The molecular weight excluding hydrogens is 192 g/mol. The summed E-state index contributed by atoms with van der Waals surface area (Å²) in [5.41, 5.74) is 5.66. The molecule has 0 heterocycles. The van der Waals surface area contributed by atoms with Gasteiger partial charge < -0.3 is 15.8 Å². The first kappa shape index (κ1) is 14.4. The smallest absolute Gasteiger partial charge is 0.216 e. The van der Waals surface area contributed by atoms with Crippen LogP contribution in [0.5, 0.6) is 0 Å². The maximum absolute atomic E-state index is 10.6. The van der Waals surface area contributed by atoms with E-state index >= 15 is 0 Å². The zero-order valence-electron chi connectivity index (χ0n) is 10.3. The van der Waals surface area contributed by atoms with E-state index in [1.807, 2.05) is 20.8 Å². The lowest BCUT2D eigenvalue weighted by Gasteiger charge is -2.20. The number of nitrogens with one attached hydrogen (secondary N) is 1. The van der Waals surface area contributed by atoms with Crippen LogP contribution in [0.4, 0.5) is 0 Å². The topological polar surface area (TPSA) is 64.3 Å². The van der Waals surface area contributed by atoms with Crippen LogP contribution >= 0.6 is 0 Å². The molecule has 1 unspecified atom stereocenters. The second-order valence-corrected chi connectivity index (χ2v) is 4.69. The first-order chi connectivity index (χ1) is 6.81. The third-order valence-electron chi connectivity index (χ3n) is 2.07. The first-order valence-electron chi connectivity index (χ1n) is 5.46. The number of carbonyl (C=O) groups excluding carboxylic acids is 1. The minimum absolute atomic E-state index is 0.00490. The summed E-state index contributed by atoms with van der Waals surface area (Å²) in [6.07, 6.45) is 1.85. The molecule has 0 radical (unpaired) electrons. The van der Waals surface area contributed by atoms with Crippen LogP contribution in [0.1, 0.15) is 40.5 Å². The number of ether oxygens (including phenoxy) is 1. The summed E-state index contributed by atoms with van der Waals surface area (Å²) in [5, 5.41) is 2.74. The van der Waals surface area contributed by atoms with Crippen molar-refractivity contribution in [1.29, 1.82) is 0 Å². The van der Waals surface area contributed by atoms with Gasteiger partial charge in [0.05, 0.1) is 6.10 Å². The fourth-order valence-electron chi connectivity index (χ4n) is 1.06. The van der Waals surface area contributed by atoms with E-state index in [1.165, 1.54) is 6.92 Å². The molecule has 0 aliphatic carbocycles. The lowest BCUT2D eigenvalue weighted by molar-refractivity contribution is -0.119. The Kier molecular flexibility index (Phi) is 6.52. The Morgan fingerprint density at radius 3 is 2.60 bits per heavy atom. The molecule has 4 nitrogen and oxygen atoms in total. The molecule has 0 aliphatic rings. The molecule has 0 aliphatic heterocycles. The van der Waals surface area contributed by atoms with Crippen molar-refractivity contribution in [3.63, 3.8) is 0 Å². The molecule has 4 heteroatoms. The van der Waals surface area contributed by atoms with Crippen LogP contribution in [-0.2, 0) is 9.53 Å². The van der Waals surface area contributed by atoms with Crippen molar-refractivity contribution in [3.8, 4) is 0 Å². The average Bonchev–Trinajstić information content (AvgIpc) is 2.00. The van der Waals surface area contributed by atoms with E-state index in [0.717, 1.165) is 12.8 Å². The molecule has 1 amide bonds. The highest BCUT2D eigenvalue weighted by atomic mass is 16.5. The molecule has 90 valence electrons. The maximum atomic E-state index is 10.6. The van der Waals surface area contributed by atoms with Gasteiger partial charge in [-0.05, 0) is 33.6 Å². The molecule has 0 spiro atoms. The van der Waals surface area contributed by atoms with Crippen molar-refractivity contribution in [3.05, 3.63) is 0 Å². The Labute approximate surface area is 92.6 Å². The lowest BCUT2D eigenvalue weighted by atomic mass is 10.0. The summed E-state index contributed by atoms with van der Waals surface area (Å²) in [6, 6.07) is 0. The summed E-state index contributed by atoms with van der Waals surface area (Å²) in [5.74, 6) is 0.00490. The van der Waals surface area contributed by atoms with Crippen molar-refractivity contribution in [2.24, 2.45) is 5.73 Å². The second kappa shape index (κ2) is 6.80. The van der Waals surface area contributed by atoms with E-state index < -0.39 is 0 Å². The van der Waals surface area contributed by atoms with Gasteiger partial charge in [-0.3, -0.25) is 4.79 Å². The van der Waals surface area contributed by atoms with Crippen LogP contribution in [0, 0.1) is 0 Å². The van der Waals surface area contributed by atoms with Crippen LogP contribution in [-0.4, -0.2) is 30.7 Å². The van der Waals surface area contributed by atoms with Crippen molar-refractivity contribution >= 4 is 5.91 Å². The third-order valence-corrected chi connectivity index (χ3v) is 2.07. The van der Waals surface area contributed by atoms with Crippen LogP contribution in [0.15, 0.2) is 0 Å². The second-order valence-electron chi connectivity index (χ2n) is 4.69. The quantitative estimate of drug-likeness (QED) is 0.668. The van der Waals surface area contributed by atoms with Crippen molar-refractivity contribution in [1.82, 2.24) is 5.32 Å². The Morgan fingerprint density at radius 1 is 1.53 bits per heavy atom. The molecule has 0 fully saturated rings. The molecule has 3 N–H and O–H groups in total. The van der Waals surface area contributed by atoms with Crippen LogP contribution in [0.2, 0.25) is 0 Å². The Bertz CT molecular complexity index is 188. The SMILES string of the molecule is CC(=O)NCCC(C)OCCC(C)(C)N. The van der Waals surface area contributed by atoms with Gasteiger partial charge in [0.2, 0.25) is 5.91 Å². The molecular formula is C11H24N2O2. The number of rotatable bonds is 7. The maximum Gasteiger partial charge on any atom is 0.216 e. The normalized spacial score (nSPS) is 13.7. The average molecular weight is 216 g/mol. The van der Waals surface area contributed by atoms with E-state index in [9.17, 15) is 4.79 Å². The van der Waals surface area contributed by atoms with Crippen molar-refractivity contribution in [2.45, 2.75) is 52.2 Å². The van der Waals surface area contributed by atoms with Crippen LogP contribution in [0.3, 0.4) is 0 Å². The zero-order valence-corrected chi connectivity index (χ0v) is 10.3. The zero-order chi connectivity index (χ0) is 11.9. The highest BCUT2D eigenvalue weighted by Gasteiger charge is 2.11. The molecule has 15 heavy (non-hydrogen) atoms. The fraction of sp³-hybridized carbons (Fsp3) is 0.909. The van der Waals surface area contributed by atoms with E-state index in [0.29, 0.717) is 13.2 Å². The molecule has 0 aromatic rings. The largest absolute Gasteiger partial charge is 0.378 e. The minimum Gasteiger partial charge on any atom is -0.378 e. The number of hydrogen-bond donors (Lipinski definition) is 2. The third kappa shape index (κ3) is 11.3. The number of nitrogens with two attached hydrogens (primary N) is 1. The number of carbonyl (C=O) groups is 1. The molecule has 0 aromatic heterocycles. The Balaban J connectivity index is 3.41. The standard InChI is InChI=1S/C11H24N2O2/c1-9(5-7-13-10(2)14)15-8-6-11(3,4)12/h9H,5-8,12H2,1-4H3,(H,13,14). The van der Waals surface area contributed by atoms with Gasteiger partial charge >= 0.3 is 0 Å². The van der Waals surface area contributed by atoms with Gasteiger partial charge in [-0.25, -0.2) is 0 Å². The highest BCUT2D eigenvalue weighted by molar-refractivity contribution is 5.72. The van der Waals surface area contributed by atoms with Crippen molar-refractivity contribution in [2.75, 3.05) is 13.2 Å². The summed E-state index contributed by atoms with van der Waals surface area (Å²) in [7, 11) is 0. The predicted octanol–water partition coefficient (Wildman–Crippen LogP) is 1.05. The summed E-state index contributed by atoms with van der Waals surface area (Å²) in [4.78, 5) is 10.6. The van der Waals surface area contributed by atoms with Gasteiger partial charge in [0, 0.05) is 25.6 Å². The molecule has 0 saturated carbocycles.